The summed E-state index contributed by atoms with van der Waals surface area (Å²) in [6, 6.07) is 4.04. The van der Waals surface area contributed by atoms with Gasteiger partial charge in [0.25, 0.3) is 5.56 Å². The minimum Gasteiger partial charge on any atom is -0.448 e. The molecule has 1 aromatic carbocycles. The van der Waals surface area contributed by atoms with Gasteiger partial charge in [-0.1, -0.05) is 13.3 Å². The van der Waals surface area contributed by atoms with Crippen molar-refractivity contribution in [2.75, 3.05) is 11.9 Å². The van der Waals surface area contributed by atoms with Crippen LogP contribution in [0.4, 0.5) is 14.7 Å². The highest BCUT2D eigenvalue weighted by molar-refractivity contribution is 5.85. The minimum absolute atomic E-state index is 0. The van der Waals surface area contributed by atoms with E-state index in [2.05, 4.69) is 15.3 Å². The topological polar surface area (TPSA) is 89.3 Å². The van der Waals surface area contributed by atoms with Gasteiger partial charge in [-0.15, -0.1) is 12.4 Å². The van der Waals surface area contributed by atoms with Gasteiger partial charge in [0.2, 0.25) is 5.95 Å². The fourth-order valence-electron chi connectivity index (χ4n) is 2.78. The van der Waals surface area contributed by atoms with Gasteiger partial charge < -0.3 is 15.2 Å². The second kappa shape index (κ2) is 9.62. The number of rotatable bonds is 7. The van der Waals surface area contributed by atoms with E-state index in [1.165, 1.54) is 23.9 Å². The van der Waals surface area contributed by atoms with Crippen LogP contribution in [0, 0.1) is 11.6 Å². The summed E-state index contributed by atoms with van der Waals surface area (Å²) in [5.74, 6) is -1.77. The molecule has 2 aromatic heterocycles. The van der Waals surface area contributed by atoms with E-state index >= 15 is 0 Å². The summed E-state index contributed by atoms with van der Waals surface area (Å²) in [6.07, 6.45) is 3.12. The molecule has 3 aromatic rings. The Labute approximate surface area is 171 Å². The number of halogens is 3. The molecule has 0 aliphatic carbocycles. The molecule has 29 heavy (non-hydrogen) atoms. The van der Waals surface area contributed by atoms with Crippen LogP contribution < -0.4 is 15.6 Å². The number of ether oxygens (including phenoxy) is 1. The van der Waals surface area contributed by atoms with E-state index in [0.29, 0.717) is 17.1 Å². The van der Waals surface area contributed by atoms with Gasteiger partial charge in [0.15, 0.2) is 17.3 Å². The number of anilines is 1. The van der Waals surface area contributed by atoms with Crippen LogP contribution in [-0.4, -0.2) is 32.3 Å². The van der Waals surface area contributed by atoms with Gasteiger partial charge in [0, 0.05) is 24.7 Å². The smallest absolute Gasteiger partial charge is 0.294 e. The molecule has 0 spiro atoms. The normalized spacial score (nSPS) is 11.8. The predicted molar refractivity (Wildman–Crippen MR) is 108 cm³/mol. The third kappa shape index (κ3) is 4.99. The molecule has 1 unspecified atom stereocenters. The standard InChI is InChI=1S/C19H20F2N4O3.ClH/c1-3-4-13(10-26)23-19-22-9-11-7-16(18(27)25(2)17(11)24-19)28-15-6-5-12(20)8-14(15)21;/h5-9,13,26H,3-4,10H2,1-2H3,(H,22,23,24);1H. The number of aromatic nitrogens is 3. The average Bonchev–Trinajstić information content (AvgIpc) is 2.68. The summed E-state index contributed by atoms with van der Waals surface area (Å²) in [5, 5.41) is 12.9. The number of hydrogen-bond donors (Lipinski definition) is 2. The van der Waals surface area contributed by atoms with Crippen molar-refractivity contribution >= 4 is 29.4 Å². The molecule has 2 heterocycles. The van der Waals surface area contributed by atoms with Gasteiger partial charge in [-0.05, 0) is 24.6 Å². The lowest BCUT2D eigenvalue weighted by Crippen LogP contribution is -2.25. The molecule has 10 heteroatoms. The van der Waals surface area contributed by atoms with E-state index < -0.39 is 17.2 Å². The zero-order valence-electron chi connectivity index (χ0n) is 15.9. The van der Waals surface area contributed by atoms with Crippen molar-refractivity contribution in [1.29, 1.82) is 0 Å². The Morgan fingerprint density at radius 1 is 1.28 bits per heavy atom. The Morgan fingerprint density at radius 2 is 2.03 bits per heavy atom. The summed E-state index contributed by atoms with van der Waals surface area (Å²) in [4.78, 5) is 21.1. The van der Waals surface area contributed by atoms with E-state index in [1.54, 1.807) is 0 Å². The first-order valence-electron chi connectivity index (χ1n) is 8.80. The zero-order valence-corrected chi connectivity index (χ0v) is 16.7. The lowest BCUT2D eigenvalue weighted by molar-refractivity contribution is 0.268. The van der Waals surface area contributed by atoms with E-state index in [9.17, 15) is 18.7 Å². The molecule has 7 nitrogen and oxygen atoms in total. The molecule has 0 fully saturated rings. The summed E-state index contributed by atoms with van der Waals surface area (Å²) < 4.78 is 33.5. The highest BCUT2D eigenvalue weighted by atomic mass is 35.5. The van der Waals surface area contributed by atoms with Crippen LogP contribution in [0.25, 0.3) is 11.0 Å². The second-order valence-electron chi connectivity index (χ2n) is 6.33. The lowest BCUT2D eigenvalue weighted by atomic mass is 10.2. The quantitative estimate of drug-likeness (QED) is 0.602. The molecule has 0 aliphatic heterocycles. The van der Waals surface area contributed by atoms with E-state index in [0.717, 1.165) is 25.0 Å². The van der Waals surface area contributed by atoms with Crippen LogP contribution >= 0.6 is 12.4 Å². The monoisotopic (exact) mass is 426 g/mol. The van der Waals surface area contributed by atoms with Crippen LogP contribution in [0.5, 0.6) is 11.5 Å². The lowest BCUT2D eigenvalue weighted by Gasteiger charge is -2.16. The highest BCUT2D eigenvalue weighted by Crippen LogP contribution is 2.25. The Hall–Kier alpha value is -2.78. The van der Waals surface area contributed by atoms with Gasteiger partial charge in [-0.2, -0.15) is 4.98 Å². The van der Waals surface area contributed by atoms with Crippen molar-refractivity contribution < 1.29 is 18.6 Å². The van der Waals surface area contributed by atoms with Crippen LogP contribution in [0.15, 0.2) is 35.3 Å². The third-order valence-corrected chi connectivity index (χ3v) is 4.22. The molecule has 156 valence electrons. The molecule has 0 bridgehead atoms. The molecule has 1 atom stereocenters. The van der Waals surface area contributed by atoms with Crippen molar-refractivity contribution in [1.82, 2.24) is 14.5 Å². The number of aliphatic hydroxyl groups excluding tert-OH is 1. The summed E-state index contributed by atoms with van der Waals surface area (Å²) in [6.45, 7) is 1.94. The average molecular weight is 427 g/mol. The first-order valence-corrected chi connectivity index (χ1v) is 8.80. The van der Waals surface area contributed by atoms with Crippen molar-refractivity contribution in [3.8, 4) is 11.5 Å². The Morgan fingerprint density at radius 3 is 2.69 bits per heavy atom. The predicted octanol–water partition coefficient (Wildman–Crippen LogP) is 3.39. The van der Waals surface area contributed by atoms with Gasteiger partial charge in [-0.25, -0.2) is 13.8 Å². The Kier molecular flexibility index (Phi) is 7.46. The summed E-state index contributed by atoms with van der Waals surface area (Å²) in [5.41, 5.74) is -0.184. The number of nitrogens with one attached hydrogen (secondary N) is 1. The van der Waals surface area contributed by atoms with Crippen molar-refractivity contribution in [2.45, 2.75) is 25.8 Å². The first kappa shape index (κ1) is 22.5. The van der Waals surface area contributed by atoms with Crippen LogP contribution in [-0.2, 0) is 7.05 Å². The number of hydrogen-bond acceptors (Lipinski definition) is 6. The maximum atomic E-state index is 13.8. The summed E-state index contributed by atoms with van der Waals surface area (Å²) in [7, 11) is 1.50. The fourth-order valence-corrected chi connectivity index (χ4v) is 2.78. The van der Waals surface area contributed by atoms with Crippen molar-refractivity contribution in [2.24, 2.45) is 7.05 Å². The molecule has 0 aliphatic rings. The van der Waals surface area contributed by atoms with E-state index in [4.69, 9.17) is 4.74 Å². The number of aryl methyl sites for hydroxylation is 1. The van der Waals surface area contributed by atoms with E-state index in [1.807, 2.05) is 6.92 Å². The molecule has 0 saturated heterocycles. The van der Waals surface area contributed by atoms with Gasteiger partial charge >= 0.3 is 0 Å². The maximum absolute atomic E-state index is 13.8. The van der Waals surface area contributed by atoms with Crippen LogP contribution in [0.3, 0.4) is 0 Å². The van der Waals surface area contributed by atoms with Crippen LogP contribution in [0.2, 0.25) is 0 Å². The van der Waals surface area contributed by atoms with Gasteiger partial charge in [0.1, 0.15) is 11.5 Å². The second-order valence-corrected chi connectivity index (χ2v) is 6.33. The number of aliphatic hydroxyl groups is 1. The number of nitrogens with zero attached hydrogens (tertiary/aromatic N) is 3. The van der Waals surface area contributed by atoms with Gasteiger partial charge in [-0.3, -0.25) is 9.36 Å². The maximum Gasteiger partial charge on any atom is 0.294 e. The number of benzene rings is 1. The number of pyridine rings is 1. The molecule has 0 amide bonds. The van der Waals surface area contributed by atoms with E-state index in [-0.39, 0.29) is 42.5 Å². The molecule has 0 saturated carbocycles. The Bertz CT molecular complexity index is 1060. The van der Waals surface area contributed by atoms with Crippen molar-refractivity contribution in [3.63, 3.8) is 0 Å². The zero-order chi connectivity index (χ0) is 20.3. The van der Waals surface area contributed by atoms with Crippen LogP contribution in [0.1, 0.15) is 19.8 Å². The van der Waals surface area contributed by atoms with Crippen molar-refractivity contribution in [3.05, 3.63) is 52.5 Å². The fraction of sp³-hybridized carbons (Fsp3) is 0.316. The minimum atomic E-state index is -0.913. The summed E-state index contributed by atoms with van der Waals surface area (Å²) >= 11 is 0. The highest BCUT2D eigenvalue weighted by Gasteiger charge is 2.15. The molecule has 2 N–H and O–H groups in total. The molecular formula is C19H21ClF2N4O3. The number of fused-ring (bicyclic) bond motifs is 1. The third-order valence-electron chi connectivity index (χ3n) is 4.22. The molecular weight excluding hydrogens is 406 g/mol. The SMILES string of the molecule is CCCC(CO)Nc1ncc2cc(Oc3ccc(F)cc3F)c(=O)n(C)c2n1.Cl. The molecule has 0 radical (unpaired) electrons. The first-order chi connectivity index (χ1) is 13.4. The largest absolute Gasteiger partial charge is 0.448 e. The molecule has 3 rings (SSSR count). The van der Waals surface area contributed by atoms with Gasteiger partial charge in [0.05, 0.1) is 12.6 Å². The Balaban J connectivity index is 0.00000300.